The van der Waals surface area contributed by atoms with Gasteiger partial charge in [0.25, 0.3) is 0 Å². The van der Waals surface area contributed by atoms with Gasteiger partial charge < -0.3 is 11.5 Å². The zero-order chi connectivity index (χ0) is 8.15. The first kappa shape index (κ1) is 13.1. The van der Waals surface area contributed by atoms with Gasteiger partial charge >= 0.3 is 0 Å². The van der Waals surface area contributed by atoms with E-state index in [-0.39, 0.29) is 18.4 Å². The number of carbonyl (C=O) groups excluding carboxylic acids is 1. The Morgan fingerprint density at radius 2 is 2.09 bits per heavy atom. The van der Waals surface area contributed by atoms with E-state index in [1.54, 1.807) is 13.0 Å². The molecule has 0 bridgehead atoms. The van der Waals surface area contributed by atoms with Crippen LogP contribution >= 0.6 is 12.4 Å². The summed E-state index contributed by atoms with van der Waals surface area (Å²) in [6.45, 7) is 3.62. The van der Waals surface area contributed by atoms with Gasteiger partial charge in [-0.2, -0.15) is 0 Å². The molecule has 1 atom stereocenters. The molecule has 4 heteroatoms. The zero-order valence-corrected chi connectivity index (χ0v) is 7.65. The number of nitrogens with two attached hydrogens (primary N) is 2. The number of carbonyl (C=O) groups is 1. The third-order valence-corrected chi connectivity index (χ3v) is 1.32. The average molecular weight is 179 g/mol. The molecule has 0 aliphatic heterocycles. The van der Waals surface area contributed by atoms with Crippen LogP contribution in [-0.4, -0.2) is 11.9 Å². The van der Waals surface area contributed by atoms with Crippen LogP contribution < -0.4 is 11.5 Å². The predicted molar refractivity (Wildman–Crippen MR) is 48.5 cm³/mol. The van der Waals surface area contributed by atoms with Gasteiger partial charge in [0.2, 0.25) is 5.91 Å². The molecule has 0 aromatic heterocycles. The Balaban J connectivity index is 0. The van der Waals surface area contributed by atoms with Crippen LogP contribution in [0, 0.1) is 0 Å². The predicted octanol–water partition coefficient (Wildman–Crippen LogP) is 0.577. The Bertz CT molecular complexity index is 157. The minimum Gasteiger partial charge on any atom is -0.366 e. The second-order valence-electron chi connectivity index (χ2n) is 2.29. The highest BCUT2D eigenvalue weighted by molar-refractivity contribution is 5.91. The Kier molecular flexibility index (Phi) is 7.36. The van der Waals surface area contributed by atoms with Crippen LogP contribution in [0.3, 0.4) is 0 Å². The van der Waals surface area contributed by atoms with E-state index in [1.807, 2.05) is 6.92 Å². The largest absolute Gasteiger partial charge is 0.366 e. The summed E-state index contributed by atoms with van der Waals surface area (Å²) in [6, 6.07) is -0.0486. The molecule has 11 heavy (non-hydrogen) atoms. The van der Waals surface area contributed by atoms with E-state index >= 15 is 0 Å². The lowest BCUT2D eigenvalue weighted by Crippen LogP contribution is -2.19. The van der Waals surface area contributed by atoms with Gasteiger partial charge in [0.1, 0.15) is 0 Å². The molecule has 1 amide bonds. The van der Waals surface area contributed by atoms with Gasteiger partial charge in [0.05, 0.1) is 0 Å². The molecule has 0 saturated heterocycles. The number of halogens is 1. The smallest absolute Gasteiger partial charge is 0.244 e. The van der Waals surface area contributed by atoms with Crippen LogP contribution in [-0.2, 0) is 4.79 Å². The summed E-state index contributed by atoms with van der Waals surface area (Å²) in [5.74, 6) is -0.399. The van der Waals surface area contributed by atoms with Gasteiger partial charge in [-0.05, 0) is 13.3 Å². The lowest BCUT2D eigenvalue weighted by atomic mass is 10.1. The van der Waals surface area contributed by atoms with Crippen molar-refractivity contribution in [1.29, 1.82) is 0 Å². The standard InChI is InChI=1S/C7H14N2O.ClH/c1-3-6(8)4-5(2)7(9)10;/h4,6H,3,8H2,1-2H3,(H2,9,10);1H/b5-4-;. The lowest BCUT2D eigenvalue weighted by molar-refractivity contribution is -0.114. The minimum atomic E-state index is -0.399. The first-order chi connectivity index (χ1) is 4.57. The van der Waals surface area contributed by atoms with E-state index in [0.717, 1.165) is 6.42 Å². The van der Waals surface area contributed by atoms with Crippen molar-refractivity contribution in [2.75, 3.05) is 0 Å². The molecule has 4 N–H and O–H groups in total. The highest BCUT2D eigenvalue weighted by Crippen LogP contribution is 1.95. The maximum Gasteiger partial charge on any atom is 0.244 e. The third-order valence-electron chi connectivity index (χ3n) is 1.32. The summed E-state index contributed by atoms with van der Waals surface area (Å²) in [6.07, 6.45) is 2.51. The van der Waals surface area contributed by atoms with Gasteiger partial charge in [-0.3, -0.25) is 4.79 Å². The van der Waals surface area contributed by atoms with Crippen molar-refractivity contribution in [2.45, 2.75) is 26.3 Å². The minimum absolute atomic E-state index is 0. The Labute approximate surface area is 73.2 Å². The summed E-state index contributed by atoms with van der Waals surface area (Å²) in [4.78, 5) is 10.4. The summed E-state index contributed by atoms with van der Waals surface area (Å²) in [7, 11) is 0. The molecule has 0 fully saturated rings. The van der Waals surface area contributed by atoms with Crippen molar-refractivity contribution in [2.24, 2.45) is 11.5 Å². The van der Waals surface area contributed by atoms with Crippen LogP contribution in [0.1, 0.15) is 20.3 Å². The summed E-state index contributed by atoms with van der Waals surface area (Å²) < 4.78 is 0. The van der Waals surface area contributed by atoms with E-state index < -0.39 is 5.91 Å². The quantitative estimate of drug-likeness (QED) is 0.621. The lowest BCUT2D eigenvalue weighted by Gasteiger charge is -2.01. The highest BCUT2D eigenvalue weighted by atomic mass is 35.5. The first-order valence-corrected chi connectivity index (χ1v) is 3.31. The fourth-order valence-corrected chi connectivity index (χ4v) is 0.521. The summed E-state index contributed by atoms with van der Waals surface area (Å²) in [5, 5.41) is 0. The molecule has 0 saturated carbocycles. The molecule has 0 heterocycles. The van der Waals surface area contributed by atoms with Gasteiger partial charge in [-0.1, -0.05) is 13.0 Å². The molecule has 0 aliphatic rings. The normalized spacial score (nSPS) is 13.5. The maximum absolute atomic E-state index is 10.4. The number of amides is 1. The molecule has 66 valence electrons. The van der Waals surface area contributed by atoms with Crippen molar-refractivity contribution >= 4 is 18.3 Å². The van der Waals surface area contributed by atoms with E-state index in [1.165, 1.54) is 0 Å². The van der Waals surface area contributed by atoms with Crippen molar-refractivity contribution in [3.05, 3.63) is 11.6 Å². The number of hydrogen-bond acceptors (Lipinski definition) is 2. The molecule has 1 unspecified atom stereocenters. The third kappa shape index (κ3) is 5.88. The van der Waals surface area contributed by atoms with Gasteiger partial charge in [-0.25, -0.2) is 0 Å². The molecular weight excluding hydrogens is 164 g/mol. The van der Waals surface area contributed by atoms with E-state index in [0.29, 0.717) is 5.57 Å². The van der Waals surface area contributed by atoms with Crippen LogP contribution in [0.2, 0.25) is 0 Å². The van der Waals surface area contributed by atoms with Gasteiger partial charge in [0.15, 0.2) is 0 Å². The van der Waals surface area contributed by atoms with Crippen molar-refractivity contribution in [3.63, 3.8) is 0 Å². The van der Waals surface area contributed by atoms with Crippen LogP contribution in [0.4, 0.5) is 0 Å². The van der Waals surface area contributed by atoms with Crippen LogP contribution in [0.5, 0.6) is 0 Å². The average Bonchev–Trinajstić information content (AvgIpc) is 1.87. The highest BCUT2D eigenvalue weighted by Gasteiger charge is 1.99. The molecule has 0 aliphatic carbocycles. The second-order valence-corrected chi connectivity index (χ2v) is 2.29. The van der Waals surface area contributed by atoms with Gasteiger partial charge in [0, 0.05) is 11.6 Å². The molecule has 0 aromatic rings. The van der Waals surface area contributed by atoms with Crippen molar-refractivity contribution in [1.82, 2.24) is 0 Å². The second kappa shape index (κ2) is 6.19. The Morgan fingerprint density at radius 1 is 1.64 bits per heavy atom. The monoisotopic (exact) mass is 178 g/mol. The molecule has 0 spiro atoms. The molecule has 0 rings (SSSR count). The van der Waals surface area contributed by atoms with Crippen molar-refractivity contribution < 1.29 is 4.79 Å². The zero-order valence-electron chi connectivity index (χ0n) is 6.83. The van der Waals surface area contributed by atoms with Gasteiger partial charge in [-0.15, -0.1) is 12.4 Å². The topological polar surface area (TPSA) is 69.1 Å². The number of rotatable bonds is 3. The SMILES string of the molecule is CCC(N)/C=C(/C)C(N)=O.Cl. The van der Waals surface area contributed by atoms with Crippen molar-refractivity contribution in [3.8, 4) is 0 Å². The Hall–Kier alpha value is -0.540. The number of hydrogen-bond donors (Lipinski definition) is 2. The van der Waals surface area contributed by atoms with E-state index in [9.17, 15) is 4.79 Å². The van der Waals surface area contributed by atoms with Crippen LogP contribution in [0.25, 0.3) is 0 Å². The fraction of sp³-hybridized carbons (Fsp3) is 0.571. The van der Waals surface area contributed by atoms with E-state index in [4.69, 9.17) is 11.5 Å². The Morgan fingerprint density at radius 3 is 2.36 bits per heavy atom. The van der Waals surface area contributed by atoms with Crippen LogP contribution in [0.15, 0.2) is 11.6 Å². The molecular formula is C7H15ClN2O. The molecule has 0 aromatic carbocycles. The first-order valence-electron chi connectivity index (χ1n) is 3.31. The fourth-order valence-electron chi connectivity index (χ4n) is 0.521. The summed E-state index contributed by atoms with van der Waals surface area (Å²) in [5.41, 5.74) is 11.0. The molecule has 0 radical (unpaired) electrons. The number of primary amides is 1. The van der Waals surface area contributed by atoms with E-state index in [2.05, 4.69) is 0 Å². The molecule has 3 nitrogen and oxygen atoms in total. The maximum atomic E-state index is 10.4. The summed E-state index contributed by atoms with van der Waals surface area (Å²) >= 11 is 0.